The number of ketones is 2. The number of rotatable bonds is 9. The molecule has 14 nitrogen and oxygen atoms in total. The first-order valence-corrected chi connectivity index (χ1v) is 12.1. The first kappa shape index (κ1) is 29.4. The quantitative estimate of drug-likeness (QED) is 0.197. The number of carbonyl (C=O) groups excluding carboxylic acids is 2. The van der Waals surface area contributed by atoms with Gasteiger partial charge >= 0.3 is 5.69 Å². The van der Waals surface area contributed by atoms with Crippen molar-refractivity contribution in [2.45, 2.75) is 41.5 Å². The van der Waals surface area contributed by atoms with E-state index < -0.39 is 4.92 Å². The van der Waals surface area contributed by atoms with Crippen LogP contribution in [0.1, 0.15) is 36.8 Å². The molecule has 0 aliphatic carbocycles. The summed E-state index contributed by atoms with van der Waals surface area (Å²) in [5, 5.41) is 24.4. The van der Waals surface area contributed by atoms with E-state index in [1.54, 1.807) is 26.1 Å². The van der Waals surface area contributed by atoms with Gasteiger partial charge in [0.15, 0.2) is 0 Å². The van der Waals surface area contributed by atoms with Gasteiger partial charge in [-0.1, -0.05) is 10.3 Å². The molecule has 0 spiro atoms. The molecule has 0 aliphatic heterocycles. The lowest BCUT2D eigenvalue weighted by Gasteiger charge is -2.08. The Labute approximate surface area is 229 Å². The molecule has 0 aliphatic rings. The van der Waals surface area contributed by atoms with E-state index in [9.17, 15) is 19.7 Å². The minimum atomic E-state index is -0.544. The van der Waals surface area contributed by atoms with E-state index in [1.807, 2.05) is 13.8 Å². The zero-order valence-corrected chi connectivity index (χ0v) is 23.0. The van der Waals surface area contributed by atoms with E-state index in [2.05, 4.69) is 30.9 Å². The van der Waals surface area contributed by atoms with E-state index in [-0.39, 0.29) is 36.2 Å². The highest BCUT2D eigenvalue weighted by molar-refractivity contribution is 5.82. The number of pyridine rings is 2. The van der Waals surface area contributed by atoms with Crippen LogP contribution in [0.25, 0.3) is 22.3 Å². The standard InChI is InChI=1S/C13H14N4O4.C13H16N4O2/c1-7(18)5-14-13-11(17(19)20)4-10(6-15-13)12-8(2)16-21-9(12)3;1-7(18)5-15-13-11(14)4-10(6-16-13)12-8(2)17-19-9(12)3/h4,6H,5H2,1-3H3,(H,14,15);4,6H,5,14H2,1-3H3,(H,15,16). The zero-order chi connectivity index (χ0) is 29.6. The molecule has 4 rings (SSSR count). The largest absolute Gasteiger partial charge is 0.396 e. The third-order valence-corrected chi connectivity index (χ3v) is 5.64. The molecule has 0 fully saturated rings. The highest BCUT2D eigenvalue weighted by Crippen LogP contribution is 2.32. The lowest BCUT2D eigenvalue weighted by Crippen LogP contribution is -2.12. The van der Waals surface area contributed by atoms with Gasteiger partial charge in [0.25, 0.3) is 0 Å². The van der Waals surface area contributed by atoms with Crippen molar-refractivity contribution in [3.05, 3.63) is 57.5 Å². The molecule has 0 unspecified atom stereocenters. The van der Waals surface area contributed by atoms with E-state index in [0.717, 1.165) is 22.6 Å². The number of nitrogens with two attached hydrogens (primary N) is 1. The Balaban J connectivity index is 0.000000222. The van der Waals surface area contributed by atoms with Gasteiger partial charge in [-0.25, -0.2) is 9.97 Å². The van der Waals surface area contributed by atoms with E-state index in [0.29, 0.717) is 34.1 Å². The fourth-order valence-corrected chi connectivity index (χ4v) is 3.84. The number of nitrogen functional groups attached to an aromatic ring is 1. The normalized spacial score (nSPS) is 10.4. The number of hydrogen-bond donors (Lipinski definition) is 3. The maximum atomic E-state index is 11.2. The fraction of sp³-hybridized carbons (Fsp3) is 0.308. The molecule has 14 heteroatoms. The summed E-state index contributed by atoms with van der Waals surface area (Å²) >= 11 is 0. The predicted octanol–water partition coefficient (Wildman–Crippen LogP) is 4.20. The molecule has 40 heavy (non-hydrogen) atoms. The van der Waals surface area contributed by atoms with Crippen molar-refractivity contribution in [3.8, 4) is 22.3 Å². The Bertz CT molecular complexity index is 1520. The zero-order valence-electron chi connectivity index (χ0n) is 23.0. The first-order valence-electron chi connectivity index (χ1n) is 12.1. The van der Waals surface area contributed by atoms with Crippen LogP contribution in [0.5, 0.6) is 0 Å². The van der Waals surface area contributed by atoms with Gasteiger partial charge in [-0.15, -0.1) is 0 Å². The molecule has 0 bridgehead atoms. The van der Waals surface area contributed by atoms with Crippen molar-refractivity contribution < 1.29 is 23.6 Å². The van der Waals surface area contributed by atoms with Gasteiger partial charge < -0.3 is 25.4 Å². The summed E-state index contributed by atoms with van der Waals surface area (Å²) in [4.78, 5) is 40.8. The molecule has 0 radical (unpaired) electrons. The van der Waals surface area contributed by atoms with Gasteiger partial charge in [-0.2, -0.15) is 0 Å². The van der Waals surface area contributed by atoms with Gasteiger partial charge in [0.1, 0.15) is 28.9 Å². The van der Waals surface area contributed by atoms with Crippen molar-refractivity contribution in [2.24, 2.45) is 0 Å². The van der Waals surface area contributed by atoms with Gasteiger partial charge in [0.2, 0.25) is 5.82 Å². The third-order valence-electron chi connectivity index (χ3n) is 5.64. The highest BCUT2D eigenvalue weighted by atomic mass is 16.6. The number of aromatic nitrogens is 4. The second kappa shape index (κ2) is 12.6. The lowest BCUT2D eigenvalue weighted by molar-refractivity contribution is -0.384. The molecule has 0 saturated heterocycles. The smallest absolute Gasteiger partial charge is 0.311 e. The summed E-state index contributed by atoms with van der Waals surface area (Å²) in [6, 6.07) is 3.18. The predicted molar refractivity (Wildman–Crippen MR) is 148 cm³/mol. The molecular weight excluding hydrogens is 520 g/mol. The van der Waals surface area contributed by atoms with Crippen molar-refractivity contribution in [1.82, 2.24) is 20.3 Å². The second-order valence-corrected chi connectivity index (χ2v) is 9.02. The summed E-state index contributed by atoms with van der Waals surface area (Å²) in [6.07, 6.45) is 3.17. The van der Waals surface area contributed by atoms with Crippen LogP contribution in [0.15, 0.2) is 33.6 Å². The maximum absolute atomic E-state index is 11.2. The minimum Gasteiger partial charge on any atom is -0.396 e. The summed E-state index contributed by atoms with van der Waals surface area (Å²) in [7, 11) is 0. The van der Waals surface area contributed by atoms with Gasteiger partial charge in [-0.05, 0) is 47.6 Å². The fourth-order valence-electron chi connectivity index (χ4n) is 3.84. The maximum Gasteiger partial charge on any atom is 0.311 e. The number of nitrogens with one attached hydrogen (secondary N) is 2. The number of nitro groups is 1. The van der Waals surface area contributed by atoms with Crippen LogP contribution in [0.2, 0.25) is 0 Å². The summed E-state index contributed by atoms with van der Waals surface area (Å²) in [6.45, 7) is 10.3. The molecule has 0 amide bonds. The lowest BCUT2D eigenvalue weighted by atomic mass is 10.1. The monoisotopic (exact) mass is 550 g/mol. The molecule has 0 atom stereocenters. The van der Waals surface area contributed by atoms with Crippen LogP contribution in [-0.2, 0) is 9.59 Å². The van der Waals surface area contributed by atoms with Crippen molar-refractivity contribution in [1.29, 1.82) is 0 Å². The van der Waals surface area contributed by atoms with Crippen LogP contribution in [0.3, 0.4) is 0 Å². The summed E-state index contributed by atoms with van der Waals surface area (Å²) in [5.41, 5.74) is 10.6. The Morgan fingerprint density at radius 2 is 1.30 bits per heavy atom. The summed E-state index contributed by atoms with van der Waals surface area (Å²) in [5.74, 6) is 1.74. The van der Waals surface area contributed by atoms with Gasteiger partial charge in [0, 0.05) is 40.7 Å². The van der Waals surface area contributed by atoms with E-state index in [4.69, 9.17) is 14.8 Å². The second-order valence-electron chi connectivity index (χ2n) is 9.02. The highest BCUT2D eigenvalue weighted by Gasteiger charge is 2.20. The van der Waals surface area contributed by atoms with Crippen molar-refractivity contribution >= 4 is 34.6 Å². The van der Waals surface area contributed by atoms with Crippen LogP contribution < -0.4 is 16.4 Å². The van der Waals surface area contributed by atoms with Crippen LogP contribution >= 0.6 is 0 Å². The summed E-state index contributed by atoms with van der Waals surface area (Å²) < 4.78 is 10.2. The average molecular weight is 551 g/mol. The average Bonchev–Trinajstić information content (AvgIpc) is 3.41. The third kappa shape index (κ3) is 7.03. The molecular formula is C26H30N8O6. The Morgan fingerprint density at radius 3 is 1.70 bits per heavy atom. The molecule has 210 valence electrons. The number of aryl methyl sites for hydroxylation is 4. The number of nitrogens with zero attached hydrogens (tertiary/aromatic N) is 5. The van der Waals surface area contributed by atoms with Gasteiger partial charge in [-0.3, -0.25) is 19.7 Å². The van der Waals surface area contributed by atoms with Crippen molar-refractivity contribution in [2.75, 3.05) is 29.5 Å². The van der Waals surface area contributed by atoms with Crippen LogP contribution in [-0.4, -0.2) is 49.9 Å². The SMILES string of the molecule is CC(=O)CNc1ncc(-c2c(C)noc2C)cc1N.CC(=O)CNc1ncc(-c2c(C)noc2C)cc1[N+](=O)[O-]. The Kier molecular flexibility index (Phi) is 9.27. The number of Topliss-reactive ketones (excluding diaryl/α,β-unsaturated/α-hetero) is 2. The molecule has 0 saturated carbocycles. The minimum absolute atomic E-state index is 0.0154. The van der Waals surface area contributed by atoms with E-state index >= 15 is 0 Å². The van der Waals surface area contributed by atoms with Gasteiger partial charge in [0.05, 0.1) is 35.1 Å². The number of anilines is 3. The van der Waals surface area contributed by atoms with Crippen LogP contribution in [0, 0.1) is 37.8 Å². The molecule has 4 aromatic heterocycles. The van der Waals surface area contributed by atoms with Crippen LogP contribution in [0.4, 0.5) is 23.0 Å². The molecule has 4 aromatic rings. The number of hydrogen-bond acceptors (Lipinski definition) is 13. The molecule has 0 aromatic carbocycles. The Morgan fingerprint density at radius 1 is 0.850 bits per heavy atom. The number of carbonyl (C=O) groups is 2. The van der Waals surface area contributed by atoms with E-state index in [1.165, 1.54) is 26.1 Å². The Hall–Kier alpha value is -5.14. The molecule has 4 N–H and O–H groups in total. The first-order chi connectivity index (χ1) is 18.9. The molecule has 4 heterocycles. The van der Waals surface area contributed by atoms with Crippen molar-refractivity contribution in [3.63, 3.8) is 0 Å². The topological polar surface area (TPSA) is 205 Å².